The normalized spacial score (nSPS) is 23.2. The van der Waals surface area contributed by atoms with E-state index in [1.165, 1.54) is 11.9 Å². The van der Waals surface area contributed by atoms with Gasteiger partial charge in [-0.25, -0.2) is 0 Å². The lowest BCUT2D eigenvalue weighted by Crippen LogP contribution is -2.58. The number of piperazine rings is 1. The summed E-state index contributed by atoms with van der Waals surface area (Å²) in [7, 11) is 1.49. The predicted molar refractivity (Wildman–Crippen MR) is 46.7 cm³/mol. The minimum absolute atomic E-state index is 0.110. The Bertz CT molecular complexity index is 305. The fourth-order valence-electron chi connectivity index (χ4n) is 1.50. The molecule has 16 heavy (non-hydrogen) atoms. The van der Waals surface area contributed by atoms with Crippen molar-refractivity contribution >= 4 is 11.9 Å². The Labute approximate surface area is 89.4 Å². The van der Waals surface area contributed by atoms with Gasteiger partial charge in [0.1, 0.15) is 6.04 Å². The van der Waals surface area contributed by atoms with E-state index in [0.29, 0.717) is 4.90 Å². The minimum Gasteiger partial charge on any atom is -0.480 e. The van der Waals surface area contributed by atoms with Crippen LogP contribution in [0, 0.1) is 0 Å². The first kappa shape index (κ1) is 12.8. The van der Waals surface area contributed by atoms with Crippen LogP contribution >= 0.6 is 0 Å². The number of nitrogens with zero attached hydrogens (tertiary/aromatic N) is 2. The van der Waals surface area contributed by atoms with E-state index >= 15 is 0 Å². The van der Waals surface area contributed by atoms with E-state index in [1.807, 2.05) is 0 Å². The lowest BCUT2D eigenvalue weighted by atomic mass is 10.2. The molecule has 1 unspecified atom stereocenters. The molecule has 0 radical (unpaired) electrons. The number of amides is 1. The zero-order valence-electron chi connectivity index (χ0n) is 8.49. The second kappa shape index (κ2) is 4.28. The third-order valence-electron chi connectivity index (χ3n) is 2.46. The molecule has 1 N–H and O–H groups in total. The van der Waals surface area contributed by atoms with Crippen molar-refractivity contribution in [1.82, 2.24) is 9.80 Å². The average Bonchev–Trinajstić information content (AvgIpc) is 2.15. The number of carboxylic acid groups (broad SMARTS) is 1. The monoisotopic (exact) mass is 240 g/mol. The molecule has 0 aliphatic carbocycles. The van der Waals surface area contributed by atoms with Crippen molar-refractivity contribution in [3.05, 3.63) is 0 Å². The van der Waals surface area contributed by atoms with E-state index in [-0.39, 0.29) is 13.1 Å². The molecule has 1 rings (SSSR count). The maximum atomic E-state index is 12.1. The highest BCUT2D eigenvalue weighted by Gasteiger charge is 2.45. The summed E-state index contributed by atoms with van der Waals surface area (Å²) in [5, 5.41) is 8.75. The molecule has 92 valence electrons. The van der Waals surface area contributed by atoms with Gasteiger partial charge in [-0.3, -0.25) is 14.5 Å². The van der Waals surface area contributed by atoms with E-state index in [1.54, 1.807) is 0 Å². The summed E-state index contributed by atoms with van der Waals surface area (Å²) in [5.74, 6) is -3.21. The van der Waals surface area contributed by atoms with Gasteiger partial charge in [-0.05, 0) is 7.05 Å². The van der Waals surface area contributed by atoms with E-state index in [0.717, 1.165) is 0 Å². The van der Waals surface area contributed by atoms with Crippen molar-refractivity contribution < 1.29 is 27.9 Å². The SMILES string of the molecule is CN1CCN(C(=O)C(F)(F)F)CC1C(=O)O. The molecule has 5 nitrogen and oxygen atoms in total. The molecule has 0 spiro atoms. The van der Waals surface area contributed by atoms with Gasteiger partial charge in [0, 0.05) is 19.6 Å². The van der Waals surface area contributed by atoms with Crippen LogP contribution < -0.4 is 0 Å². The van der Waals surface area contributed by atoms with Crippen LogP contribution in [0.2, 0.25) is 0 Å². The number of alkyl halides is 3. The lowest BCUT2D eigenvalue weighted by Gasteiger charge is -2.37. The van der Waals surface area contributed by atoms with Gasteiger partial charge in [0.15, 0.2) is 0 Å². The molecule has 0 aromatic rings. The summed E-state index contributed by atoms with van der Waals surface area (Å²) in [5.41, 5.74) is 0. The summed E-state index contributed by atoms with van der Waals surface area (Å²) in [4.78, 5) is 23.5. The first-order chi connectivity index (χ1) is 7.23. The van der Waals surface area contributed by atoms with Crippen LogP contribution in [0.3, 0.4) is 0 Å². The highest BCUT2D eigenvalue weighted by Crippen LogP contribution is 2.20. The van der Waals surface area contributed by atoms with Crippen LogP contribution in [0.1, 0.15) is 0 Å². The molecule has 8 heteroatoms. The largest absolute Gasteiger partial charge is 0.480 e. The Hall–Kier alpha value is -1.31. The summed E-state index contributed by atoms with van der Waals surface area (Å²) < 4.78 is 36.3. The maximum Gasteiger partial charge on any atom is 0.471 e. The summed E-state index contributed by atoms with van der Waals surface area (Å²) >= 11 is 0. The van der Waals surface area contributed by atoms with Crippen LogP contribution in [0.15, 0.2) is 0 Å². The van der Waals surface area contributed by atoms with Crippen molar-refractivity contribution in [3.63, 3.8) is 0 Å². The molecule has 0 aromatic heterocycles. The van der Waals surface area contributed by atoms with Crippen molar-refractivity contribution in [3.8, 4) is 0 Å². The molecule has 1 fully saturated rings. The maximum absolute atomic E-state index is 12.1. The molecule has 0 saturated carbocycles. The van der Waals surface area contributed by atoms with E-state index < -0.39 is 30.6 Å². The average molecular weight is 240 g/mol. The number of halogens is 3. The lowest BCUT2D eigenvalue weighted by molar-refractivity contribution is -0.188. The smallest absolute Gasteiger partial charge is 0.471 e. The third kappa shape index (κ3) is 2.63. The van der Waals surface area contributed by atoms with Crippen molar-refractivity contribution in [1.29, 1.82) is 0 Å². The summed E-state index contributed by atoms with van der Waals surface area (Å²) in [6.45, 7) is -0.443. The molecule has 0 aromatic carbocycles. The molecule has 0 bridgehead atoms. The number of carbonyl (C=O) groups excluding carboxylic acids is 1. The zero-order chi connectivity index (χ0) is 12.5. The highest BCUT2D eigenvalue weighted by atomic mass is 19.4. The molecule has 1 amide bonds. The Morgan fingerprint density at radius 2 is 1.88 bits per heavy atom. The second-order valence-electron chi connectivity index (χ2n) is 3.58. The van der Waals surface area contributed by atoms with Gasteiger partial charge in [-0.1, -0.05) is 0 Å². The number of carboxylic acids is 1. The van der Waals surface area contributed by atoms with Gasteiger partial charge in [0.25, 0.3) is 0 Å². The predicted octanol–water partition coefficient (Wildman–Crippen LogP) is -0.224. The molecular formula is C8H11F3N2O3. The van der Waals surface area contributed by atoms with E-state index in [9.17, 15) is 22.8 Å². The Morgan fingerprint density at radius 3 is 2.31 bits per heavy atom. The van der Waals surface area contributed by atoms with E-state index in [2.05, 4.69) is 0 Å². The molecule has 1 heterocycles. The summed E-state index contributed by atoms with van der Waals surface area (Å²) in [6.07, 6.45) is -4.95. The minimum atomic E-state index is -4.95. The van der Waals surface area contributed by atoms with Gasteiger partial charge < -0.3 is 10.0 Å². The number of rotatable bonds is 1. The standard InChI is InChI=1S/C8H11F3N2O3/c1-12-2-3-13(4-5(12)6(14)15)7(16)8(9,10)11/h5H,2-4H2,1H3,(H,14,15). The van der Waals surface area contributed by atoms with E-state index in [4.69, 9.17) is 5.11 Å². The third-order valence-corrected chi connectivity index (χ3v) is 2.46. The first-order valence-corrected chi connectivity index (χ1v) is 4.52. The molecular weight excluding hydrogens is 229 g/mol. The number of likely N-dealkylation sites (N-methyl/N-ethyl adjacent to an activating group) is 1. The van der Waals surface area contributed by atoms with Gasteiger partial charge in [0.2, 0.25) is 0 Å². The number of carbonyl (C=O) groups is 2. The van der Waals surface area contributed by atoms with Crippen LogP contribution in [0.5, 0.6) is 0 Å². The number of aliphatic carboxylic acids is 1. The van der Waals surface area contributed by atoms with Crippen LogP contribution in [-0.4, -0.2) is 65.7 Å². The van der Waals surface area contributed by atoms with Crippen LogP contribution in [0.25, 0.3) is 0 Å². The fourth-order valence-corrected chi connectivity index (χ4v) is 1.50. The second-order valence-corrected chi connectivity index (χ2v) is 3.58. The van der Waals surface area contributed by atoms with Crippen molar-refractivity contribution in [2.24, 2.45) is 0 Å². The number of hydrogen-bond acceptors (Lipinski definition) is 3. The highest BCUT2D eigenvalue weighted by molar-refractivity contribution is 5.83. The van der Waals surface area contributed by atoms with Gasteiger partial charge in [-0.2, -0.15) is 13.2 Å². The van der Waals surface area contributed by atoms with Crippen LogP contribution in [0.4, 0.5) is 13.2 Å². The van der Waals surface area contributed by atoms with Gasteiger partial charge in [0.05, 0.1) is 0 Å². The zero-order valence-corrected chi connectivity index (χ0v) is 8.49. The van der Waals surface area contributed by atoms with Crippen LogP contribution in [-0.2, 0) is 9.59 Å². The molecule has 1 saturated heterocycles. The van der Waals surface area contributed by atoms with Crippen molar-refractivity contribution in [2.75, 3.05) is 26.7 Å². The topological polar surface area (TPSA) is 60.9 Å². The summed E-state index contributed by atoms with van der Waals surface area (Å²) in [6, 6.07) is -1.08. The fraction of sp³-hybridized carbons (Fsp3) is 0.750. The Kier molecular flexibility index (Phi) is 3.41. The Balaban J connectivity index is 2.73. The molecule has 1 aliphatic heterocycles. The number of hydrogen-bond donors (Lipinski definition) is 1. The first-order valence-electron chi connectivity index (χ1n) is 4.52. The molecule has 1 atom stereocenters. The van der Waals surface area contributed by atoms with Gasteiger partial charge >= 0.3 is 18.1 Å². The molecule has 1 aliphatic rings. The van der Waals surface area contributed by atoms with Crippen molar-refractivity contribution in [2.45, 2.75) is 12.2 Å². The Morgan fingerprint density at radius 1 is 1.31 bits per heavy atom. The quantitative estimate of drug-likeness (QED) is 0.688. The van der Waals surface area contributed by atoms with Gasteiger partial charge in [-0.15, -0.1) is 0 Å².